The Morgan fingerprint density at radius 1 is 1.00 bits per heavy atom. The van der Waals surface area contributed by atoms with Crippen LogP contribution in [0.15, 0.2) is 48.5 Å². The lowest BCUT2D eigenvalue weighted by Gasteiger charge is -2.06. The second-order valence-electron chi connectivity index (χ2n) is 3.95. The second kappa shape index (κ2) is 6.58. The van der Waals surface area contributed by atoms with Crippen molar-refractivity contribution in [1.82, 2.24) is 0 Å². The number of ether oxygens (including phenoxy) is 1. The van der Waals surface area contributed by atoms with Crippen LogP contribution in [0.2, 0.25) is 0 Å². The van der Waals surface area contributed by atoms with Gasteiger partial charge in [-0.25, -0.2) is 4.39 Å². The van der Waals surface area contributed by atoms with Gasteiger partial charge in [-0.05, 0) is 42.0 Å². The first-order valence-corrected chi connectivity index (χ1v) is 5.94. The molecule has 0 aliphatic heterocycles. The zero-order chi connectivity index (χ0) is 13.5. The van der Waals surface area contributed by atoms with Gasteiger partial charge in [0.1, 0.15) is 18.2 Å². The third kappa shape index (κ3) is 4.13. The molecule has 0 aliphatic carbocycles. The molecule has 0 heterocycles. The van der Waals surface area contributed by atoms with E-state index in [1.807, 2.05) is 24.3 Å². The monoisotopic (exact) mass is 255 g/mol. The zero-order valence-corrected chi connectivity index (χ0v) is 10.4. The normalized spacial score (nSPS) is 9.58. The largest absolute Gasteiger partial charge is 0.489 e. The maximum absolute atomic E-state index is 12.7. The van der Waals surface area contributed by atoms with Crippen LogP contribution in [0.5, 0.6) is 5.75 Å². The quantitative estimate of drug-likeness (QED) is 0.856. The molecular formula is C16H14FNO. The molecule has 2 rings (SSSR count). The highest BCUT2D eigenvalue weighted by molar-refractivity contribution is 5.36. The number of hydrogen-bond acceptors (Lipinski definition) is 2. The van der Waals surface area contributed by atoms with Crippen LogP contribution in [0.25, 0.3) is 0 Å². The first kappa shape index (κ1) is 13.1. The highest BCUT2D eigenvalue weighted by Crippen LogP contribution is 2.13. The summed E-state index contributed by atoms with van der Waals surface area (Å²) in [4.78, 5) is 0. The lowest BCUT2D eigenvalue weighted by molar-refractivity contribution is 0.305. The fraction of sp³-hybridized carbons (Fsp3) is 0.125. The van der Waals surface area contributed by atoms with E-state index in [0.717, 1.165) is 11.1 Å². The van der Waals surface area contributed by atoms with Gasteiger partial charge in [0.2, 0.25) is 0 Å². The van der Waals surface area contributed by atoms with Gasteiger partial charge >= 0.3 is 0 Å². The van der Waals surface area contributed by atoms with Gasteiger partial charge in [0.15, 0.2) is 0 Å². The molecule has 0 unspecified atom stereocenters. The third-order valence-corrected chi connectivity index (χ3v) is 2.51. The van der Waals surface area contributed by atoms with Crippen LogP contribution in [-0.2, 0) is 6.61 Å². The average Bonchev–Trinajstić information content (AvgIpc) is 2.46. The summed E-state index contributed by atoms with van der Waals surface area (Å²) < 4.78 is 18.3. The molecule has 2 aromatic rings. The van der Waals surface area contributed by atoms with Gasteiger partial charge in [0, 0.05) is 5.56 Å². The van der Waals surface area contributed by atoms with E-state index in [9.17, 15) is 4.39 Å². The Labute approximate surface area is 112 Å². The maximum Gasteiger partial charge on any atom is 0.123 e. The Hall–Kier alpha value is -2.31. The number of benzene rings is 2. The average molecular weight is 255 g/mol. The predicted molar refractivity (Wildman–Crippen MR) is 73.1 cm³/mol. The maximum atomic E-state index is 12.7. The van der Waals surface area contributed by atoms with E-state index in [1.54, 1.807) is 12.1 Å². The van der Waals surface area contributed by atoms with Crippen molar-refractivity contribution >= 4 is 0 Å². The molecule has 0 fully saturated rings. The molecule has 0 saturated heterocycles. The molecule has 0 atom stereocenters. The third-order valence-electron chi connectivity index (χ3n) is 2.51. The van der Waals surface area contributed by atoms with Crippen LogP contribution in [0.1, 0.15) is 11.1 Å². The van der Waals surface area contributed by atoms with Crippen molar-refractivity contribution in [2.45, 2.75) is 6.61 Å². The fourth-order valence-electron chi connectivity index (χ4n) is 1.53. The van der Waals surface area contributed by atoms with Gasteiger partial charge in [-0.1, -0.05) is 24.0 Å². The molecular weight excluding hydrogens is 241 g/mol. The predicted octanol–water partition coefficient (Wildman–Crippen LogP) is 2.71. The summed E-state index contributed by atoms with van der Waals surface area (Å²) in [5.74, 6) is 6.13. The Morgan fingerprint density at radius 2 is 1.68 bits per heavy atom. The van der Waals surface area contributed by atoms with Crippen molar-refractivity contribution in [3.8, 4) is 17.6 Å². The minimum absolute atomic E-state index is 0.268. The van der Waals surface area contributed by atoms with Crippen molar-refractivity contribution in [1.29, 1.82) is 0 Å². The number of hydrogen-bond donors (Lipinski definition) is 1. The Morgan fingerprint density at radius 3 is 2.32 bits per heavy atom. The highest BCUT2D eigenvalue weighted by atomic mass is 19.1. The van der Waals surface area contributed by atoms with Crippen LogP contribution in [0, 0.1) is 17.7 Å². The fourth-order valence-corrected chi connectivity index (χ4v) is 1.53. The van der Waals surface area contributed by atoms with Crippen LogP contribution < -0.4 is 10.5 Å². The smallest absolute Gasteiger partial charge is 0.123 e. The molecule has 0 radical (unpaired) electrons. The van der Waals surface area contributed by atoms with Crippen molar-refractivity contribution in [3.05, 3.63) is 65.5 Å². The molecule has 3 heteroatoms. The van der Waals surface area contributed by atoms with E-state index in [0.29, 0.717) is 18.9 Å². The van der Waals surface area contributed by atoms with E-state index in [1.165, 1.54) is 12.1 Å². The molecule has 2 N–H and O–H groups in total. The molecule has 0 aliphatic rings. The standard InChI is InChI=1S/C16H14FNO/c17-15-7-9-16(10-8-15)19-12-14-5-3-13(4-6-14)2-1-11-18/h3-10H,11-12,18H2. The molecule has 2 nitrogen and oxygen atoms in total. The summed E-state index contributed by atoms with van der Waals surface area (Å²) in [6.45, 7) is 0.797. The van der Waals surface area contributed by atoms with Gasteiger partial charge in [0.25, 0.3) is 0 Å². The van der Waals surface area contributed by atoms with Crippen LogP contribution in [-0.4, -0.2) is 6.54 Å². The Kier molecular flexibility index (Phi) is 4.54. The van der Waals surface area contributed by atoms with Gasteiger partial charge < -0.3 is 10.5 Å². The van der Waals surface area contributed by atoms with Crippen molar-refractivity contribution in [2.24, 2.45) is 5.73 Å². The summed E-state index contributed by atoms with van der Waals surface area (Å²) in [6, 6.07) is 13.7. The van der Waals surface area contributed by atoms with Crippen molar-refractivity contribution < 1.29 is 9.13 Å². The van der Waals surface area contributed by atoms with Crippen LogP contribution in [0.4, 0.5) is 4.39 Å². The molecule has 0 bridgehead atoms. The lowest BCUT2D eigenvalue weighted by atomic mass is 10.1. The van der Waals surface area contributed by atoms with E-state index >= 15 is 0 Å². The van der Waals surface area contributed by atoms with Gasteiger partial charge in [0.05, 0.1) is 6.54 Å². The molecule has 2 aromatic carbocycles. The summed E-state index contributed by atoms with van der Waals surface area (Å²) in [7, 11) is 0. The number of rotatable bonds is 3. The van der Waals surface area contributed by atoms with Crippen LogP contribution in [0.3, 0.4) is 0 Å². The molecule has 0 spiro atoms. The first-order valence-electron chi connectivity index (χ1n) is 5.94. The summed E-state index contributed by atoms with van der Waals surface area (Å²) in [5, 5.41) is 0. The van der Waals surface area contributed by atoms with Gasteiger partial charge in [-0.15, -0.1) is 0 Å². The van der Waals surface area contributed by atoms with Gasteiger partial charge in [-0.2, -0.15) is 0 Å². The summed E-state index contributed by atoms with van der Waals surface area (Å²) in [5.41, 5.74) is 7.27. The lowest BCUT2D eigenvalue weighted by Crippen LogP contribution is -1.95. The number of halogens is 1. The topological polar surface area (TPSA) is 35.2 Å². The minimum atomic E-state index is -0.268. The molecule has 0 amide bonds. The molecule has 0 saturated carbocycles. The SMILES string of the molecule is NCC#Cc1ccc(COc2ccc(F)cc2)cc1. The molecule has 96 valence electrons. The first-order chi connectivity index (χ1) is 9.28. The number of nitrogens with two attached hydrogens (primary N) is 1. The van der Waals surface area contributed by atoms with Gasteiger partial charge in [-0.3, -0.25) is 0 Å². The highest BCUT2D eigenvalue weighted by Gasteiger charge is 1.97. The zero-order valence-electron chi connectivity index (χ0n) is 10.4. The van der Waals surface area contributed by atoms with Crippen molar-refractivity contribution in [3.63, 3.8) is 0 Å². The van der Waals surface area contributed by atoms with E-state index < -0.39 is 0 Å². The van der Waals surface area contributed by atoms with Crippen LogP contribution >= 0.6 is 0 Å². The van der Waals surface area contributed by atoms with E-state index in [2.05, 4.69) is 11.8 Å². The van der Waals surface area contributed by atoms with Crippen molar-refractivity contribution in [2.75, 3.05) is 6.54 Å². The van der Waals surface area contributed by atoms with E-state index in [-0.39, 0.29) is 5.82 Å². The minimum Gasteiger partial charge on any atom is -0.489 e. The summed E-state index contributed by atoms with van der Waals surface area (Å²) in [6.07, 6.45) is 0. The Bertz CT molecular complexity index is 579. The molecule has 19 heavy (non-hydrogen) atoms. The second-order valence-corrected chi connectivity index (χ2v) is 3.95. The summed E-state index contributed by atoms with van der Waals surface area (Å²) >= 11 is 0. The molecule has 0 aromatic heterocycles. The van der Waals surface area contributed by atoms with E-state index in [4.69, 9.17) is 10.5 Å². The Balaban J connectivity index is 1.94.